The first kappa shape index (κ1) is 27.4. The number of hydrogen-bond donors (Lipinski definition) is 2. The van der Waals surface area contributed by atoms with Gasteiger partial charge in [0, 0.05) is 25.7 Å². The van der Waals surface area contributed by atoms with E-state index in [2.05, 4.69) is 10.2 Å². The molecule has 9 heteroatoms. The van der Waals surface area contributed by atoms with Crippen LogP contribution in [0, 0.1) is 6.92 Å². The lowest BCUT2D eigenvalue weighted by atomic mass is 9.70. The number of hydrogen-bond acceptors (Lipinski definition) is 5. The van der Waals surface area contributed by atoms with Gasteiger partial charge >= 0.3 is 6.18 Å². The summed E-state index contributed by atoms with van der Waals surface area (Å²) in [5.41, 5.74) is 3.14. The third-order valence-electron chi connectivity index (χ3n) is 7.95. The number of nitrogens with one attached hydrogen (secondary N) is 1. The summed E-state index contributed by atoms with van der Waals surface area (Å²) in [5.74, 6) is -0.0214. The van der Waals surface area contributed by atoms with Crippen LogP contribution in [-0.2, 0) is 12.0 Å². The van der Waals surface area contributed by atoms with Crippen molar-refractivity contribution in [3.8, 4) is 5.75 Å². The minimum Gasteiger partial charge on any atom is -0.508 e. The number of phenols is 1. The Morgan fingerprint density at radius 1 is 1.10 bits per heavy atom. The van der Waals surface area contributed by atoms with E-state index in [1.165, 1.54) is 11.0 Å². The average molecular weight is 543 g/mol. The fourth-order valence-electron chi connectivity index (χ4n) is 6.21. The van der Waals surface area contributed by atoms with Crippen LogP contribution in [0.15, 0.2) is 60.8 Å². The van der Waals surface area contributed by atoms with Crippen LogP contribution in [0.2, 0.25) is 0 Å². The Labute approximate surface area is 226 Å². The molecule has 208 valence electrons. The lowest BCUT2D eigenvalue weighted by Gasteiger charge is -2.52. The third kappa shape index (κ3) is 5.34. The monoisotopic (exact) mass is 542 g/mol. The second kappa shape index (κ2) is 10.8. The molecule has 39 heavy (non-hydrogen) atoms. The fourth-order valence-corrected chi connectivity index (χ4v) is 6.21. The summed E-state index contributed by atoms with van der Waals surface area (Å²) in [5, 5.41) is 13.9. The fraction of sp³-hybridized carbons (Fsp3) is 0.433. The highest BCUT2D eigenvalue weighted by Crippen LogP contribution is 2.49. The Morgan fingerprint density at radius 3 is 2.54 bits per heavy atom. The van der Waals surface area contributed by atoms with Crippen molar-refractivity contribution in [2.24, 2.45) is 0 Å². The molecule has 1 saturated heterocycles. The van der Waals surface area contributed by atoms with E-state index in [1.54, 1.807) is 30.5 Å². The smallest absolute Gasteiger partial charge is 0.401 e. The van der Waals surface area contributed by atoms with Crippen molar-refractivity contribution in [2.75, 3.05) is 38.2 Å². The molecular weight excluding hydrogens is 508 g/mol. The van der Waals surface area contributed by atoms with E-state index >= 15 is 0 Å². The number of aromatic nitrogens is 1. The minimum atomic E-state index is -4.45. The first-order chi connectivity index (χ1) is 18.6. The van der Waals surface area contributed by atoms with Crippen LogP contribution in [0.3, 0.4) is 0 Å². The number of alkyl halides is 4. The molecule has 3 heterocycles. The average Bonchev–Trinajstić information content (AvgIpc) is 2.86. The maximum absolute atomic E-state index is 14.1. The molecule has 2 atom stereocenters. The van der Waals surface area contributed by atoms with Gasteiger partial charge < -0.3 is 10.4 Å². The van der Waals surface area contributed by atoms with Crippen LogP contribution in [0.25, 0.3) is 0 Å². The maximum atomic E-state index is 14.1. The van der Waals surface area contributed by atoms with Crippen LogP contribution in [0.5, 0.6) is 5.75 Å². The molecule has 1 fully saturated rings. The molecule has 0 amide bonds. The highest BCUT2D eigenvalue weighted by atomic mass is 19.4. The van der Waals surface area contributed by atoms with Crippen molar-refractivity contribution in [2.45, 2.75) is 50.5 Å². The zero-order valence-corrected chi connectivity index (χ0v) is 22.2. The summed E-state index contributed by atoms with van der Waals surface area (Å²) in [6, 6.07) is 15.6. The van der Waals surface area contributed by atoms with Gasteiger partial charge in [-0.25, -0.2) is 0 Å². The van der Waals surface area contributed by atoms with Crippen molar-refractivity contribution in [1.29, 1.82) is 0 Å². The molecule has 0 bridgehead atoms. The van der Waals surface area contributed by atoms with Crippen LogP contribution >= 0.6 is 0 Å². The molecule has 3 aromatic rings. The Bertz CT molecular complexity index is 1290. The standard InChI is InChI=1S/C30H34F4N4O/c1-20-6-3-9-27-26(20)14-21(2)38(19-29(32,33)34)30(27,22-7-4-8-25(39)15-22)28-11-10-23(16-35-28)36-24-17-37(18-24)13-5-12-31/h3-4,6-11,15-16,21,24,36,39H,5,12-14,17-19H2,1-2H3/t21-,30+/m1/s1. The van der Waals surface area contributed by atoms with E-state index < -0.39 is 24.3 Å². The molecule has 0 unspecified atom stereocenters. The summed E-state index contributed by atoms with van der Waals surface area (Å²) in [6.07, 6.45) is -1.78. The SMILES string of the molecule is Cc1cccc2c1C[C@@H](C)N(CC(F)(F)F)[C@]2(c1cccc(O)c1)c1ccc(NC2CN(CCCF)C2)cn1. The Balaban J connectivity index is 1.60. The van der Waals surface area contributed by atoms with Crippen LogP contribution in [0.4, 0.5) is 23.2 Å². The summed E-state index contributed by atoms with van der Waals surface area (Å²) >= 11 is 0. The second-order valence-electron chi connectivity index (χ2n) is 10.7. The molecule has 2 aromatic carbocycles. The van der Waals surface area contributed by atoms with E-state index in [9.17, 15) is 22.7 Å². The van der Waals surface area contributed by atoms with Gasteiger partial charge in [0.05, 0.1) is 36.8 Å². The molecule has 2 aliphatic rings. The zero-order chi connectivity index (χ0) is 27.8. The maximum Gasteiger partial charge on any atom is 0.401 e. The zero-order valence-electron chi connectivity index (χ0n) is 22.2. The van der Waals surface area contributed by atoms with E-state index in [0.29, 0.717) is 24.1 Å². The molecule has 0 aliphatic carbocycles. The Kier molecular flexibility index (Phi) is 7.57. The number of pyridine rings is 1. The number of halogens is 4. The third-order valence-corrected chi connectivity index (χ3v) is 7.95. The summed E-state index contributed by atoms with van der Waals surface area (Å²) in [7, 11) is 0. The predicted molar refractivity (Wildman–Crippen MR) is 144 cm³/mol. The van der Waals surface area contributed by atoms with Gasteiger partial charge in [-0.15, -0.1) is 0 Å². The van der Waals surface area contributed by atoms with Crippen molar-refractivity contribution < 1.29 is 22.7 Å². The molecule has 5 rings (SSSR count). The number of rotatable bonds is 8. The van der Waals surface area contributed by atoms with Gasteiger partial charge in [-0.1, -0.05) is 30.3 Å². The largest absolute Gasteiger partial charge is 0.508 e. The summed E-state index contributed by atoms with van der Waals surface area (Å²) < 4.78 is 54.9. The molecular formula is C30H34F4N4O. The van der Waals surface area contributed by atoms with Crippen LogP contribution in [-0.4, -0.2) is 71.0 Å². The van der Waals surface area contributed by atoms with Gasteiger partial charge in [-0.05, 0) is 73.2 Å². The van der Waals surface area contributed by atoms with Gasteiger partial charge in [0.15, 0.2) is 0 Å². The van der Waals surface area contributed by atoms with Crippen LogP contribution in [0.1, 0.15) is 41.3 Å². The molecule has 2 aliphatic heterocycles. The normalized spacial score (nSPS) is 22.4. The number of benzene rings is 2. The van der Waals surface area contributed by atoms with Crippen molar-refractivity contribution in [3.05, 3.63) is 88.7 Å². The molecule has 5 nitrogen and oxygen atoms in total. The number of fused-ring (bicyclic) bond motifs is 1. The van der Waals surface area contributed by atoms with Gasteiger partial charge in [-0.3, -0.25) is 19.2 Å². The first-order valence-electron chi connectivity index (χ1n) is 13.3. The lowest BCUT2D eigenvalue weighted by molar-refractivity contribution is -0.162. The van der Waals surface area contributed by atoms with Gasteiger partial charge in [-0.2, -0.15) is 13.2 Å². The first-order valence-corrected chi connectivity index (χ1v) is 13.3. The van der Waals surface area contributed by atoms with Crippen molar-refractivity contribution >= 4 is 5.69 Å². The minimum absolute atomic E-state index is 0.0214. The number of aromatic hydroxyl groups is 1. The summed E-state index contributed by atoms with van der Waals surface area (Å²) in [4.78, 5) is 8.44. The number of anilines is 1. The topological polar surface area (TPSA) is 51.6 Å². The number of nitrogens with zero attached hydrogens (tertiary/aromatic N) is 3. The predicted octanol–water partition coefficient (Wildman–Crippen LogP) is 5.65. The highest BCUT2D eigenvalue weighted by molar-refractivity contribution is 5.57. The Hall–Kier alpha value is -3.17. The quantitative estimate of drug-likeness (QED) is 0.360. The van der Waals surface area contributed by atoms with Crippen molar-refractivity contribution in [1.82, 2.24) is 14.8 Å². The van der Waals surface area contributed by atoms with E-state index in [4.69, 9.17) is 4.98 Å². The molecule has 0 saturated carbocycles. The van der Waals surface area contributed by atoms with Crippen LogP contribution < -0.4 is 5.32 Å². The van der Waals surface area contributed by atoms with E-state index in [1.807, 2.05) is 38.1 Å². The van der Waals surface area contributed by atoms with Gasteiger partial charge in [0.2, 0.25) is 0 Å². The second-order valence-corrected chi connectivity index (χ2v) is 10.7. The highest BCUT2D eigenvalue weighted by Gasteiger charge is 2.52. The lowest BCUT2D eigenvalue weighted by Crippen LogP contribution is -2.59. The number of likely N-dealkylation sites (tertiary alicyclic amines) is 1. The van der Waals surface area contributed by atoms with Gasteiger partial charge in [0.1, 0.15) is 11.3 Å². The van der Waals surface area contributed by atoms with Crippen molar-refractivity contribution in [3.63, 3.8) is 0 Å². The van der Waals surface area contributed by atoms with E-state index in [0.717, 1.165) is 42.0 Å². The molecule has 2 N–H and O–H groups in total. The summed E-state index contributed by atoms with van der Waals surface area (Å²) in [6.45, 7) is 4.68. The molecule has 0 spiro atoms. The van der Waals surface area contributed by atoms with E-state index in [-0.39, 0.29) is 18.5 Å². The molecule has 0 radical (unpaired) electrons. The number of phenolic OH excluding ortho intramolecular Hbond substituents is 1. The van der Waals surface area contributed by atoms with Gasteiger partial charge in [0.25, 0.3) is 0 Å². The number of aryl methyl sites for hydroxylation is 1. The Morgan fingerprint density at radius 2 is 1.87 bits per heavy atom. The molecule has 1 aromatic heterocycles.